The van der Waals surface area contributed by atoms with Gasteiger partial charge in [0.15, 0.2) is 0 Å². The van der Waals surface area contributed by atoms with Gasteiger partial charge in [-0.3, -0.25) is 9.69 Å². The normalized spacial score (nSPS) is 20.2. The van der Waals surface area contributed by atoms with E-state index < -0.39 is 0 Å². The number of rotatable bonds is 3. The summed E-state index contributed by atoms with van der Waals surface area (Å²) in [6.07, 6.45) is 0. The maximum Gasteiger partial charge on any atom is 0.239 e. The molecule has 2 rings (SSSR count). The first-order chi connectivity index (χ1) is 9.10. The highest BCUT2D eigenvalue weighted by molar-refractivity contribution is 5.81. The molecule has 1 unspecified atom stereocenters. The first-order valence-corrected chi connectivity index (χ1v) is 6.18. The van der Waals surface area contributed by atoms with Gasteiger partial charge in [0.25, 0.3) is 0 Å². The Balaban J connectivity index is 2.12. The molecule has 0 spiro atoms. The van der Waals surface area contributed by atoms with Gasteiger partial charge in [0.1, 0.15) is 11.9 Å². The van der Waals surface area contributed by atoms with E-state index >= 15 is 0 Å². The van der Waals surface area contributed by atoms with Gasteiger partial charge in [0, 0.05) is 25.8 Å². The van der Waals surface area contributed by atoms with E-state index in [0.29, 0.717) is 32.0 Å². The number of nitrogens with two attached hydrogens (primary N) is 1. The average Bonchev–Trinajstić information content (AvgIpc) is 2.37. The van der Waals surface area contributed by atoms with Crippen molar-refractivity contribution in [3.8, 4) is 0 Å². The van der Waals surface area contributed by atoms with E-state index in [2.05, 4.69) is 5.32 Å². The van der Waals surface area contributed by atoms with Gasteiger partial charge in [-0.15, -0.1) is 0 Å². The monoisotopic (exact) mass is 267 g/mol. The SMILES string of the molecule is CNC(=O)C1COCCN1Cc1cc(N)cc(F)c1. The van der Waals surface area contributed by atoms with Crippen LogP contribution in [0.1, 0.15) is 5.56 Å². The zero-order chi connectivity index (χ0) is 13.8. The molecule has 5 nitrogen and oxygen atoms in total. The molecule has 0 radical (unpaired) electrons. The highest BCUT2D eigenvalue weighted by Gasteiger charge is 2.28. The number of morpholine rings is 1. The lowest BCUT2D eigenvalue weighted by atomic mass is 10.1. The molecule has 1 atom stereocenters. The van der Waals surface area contributed by atoms with E-state index in [4.69, 9.17) is 10.5 Å². The maximum atomic E-state index is 13.3. The summed E-state index contributed by atoms with van der Waals surface area (Å²) in [5.74, 6) is -0.455. The van der Waals surface area contributed by atoms with Crippen LogP contribution in [0.2, 0.25) is 0 Å². The van der Waals surface area contributed by atoms with E-state index in [0.717, 1.165) is 5.56 Å². The second-order valence-electron chi connectivity index (χ2n) is 4.57. The summed E-state index contributed by atoms with van der Waals surface area (Å²) >= 11 is 0. The molecule has 3 N–H and O–H groups in total. The number of ether oxygens (including phenoxy) is 1. The number of halogens is 1. The number of benzene rings is 1. The van der Waals surface area contributed by atoms with Gasteiger partial charge in [-0.05, 0) is 23.8 Å². The molecular weight excluding hydrogens is 249 g/mol. The van der Waals surface area contributed by atoms with Crippen molar-refractivity contribution in [3.05, 3.63) is 29.6 Å². The van der Waals surface area contributed by atoms with E-state index in [1.807, 2.05) is 4.90 Å². The zero-order valence-electron chi connectivity index (χ0n) is 10.9. The van der Waals surface area contributed by atoms with Gasteiger partial charge < -0.3 is 15.8 Å². The first kappa shape index (κ1) is 13.8. The van der Waals surface area contributed by atoms with Crippen LogP contribution in [0.4, 0.5) is 10.1 Å². The summed E-state index contributed by atoms with van der Waals surface area (Å²) in [7, 11) is 1.59. The minimum absolute atomic E-state index is 0.0934. The van der Waals surface area contributed by atoms with Gasteiger partial charge in [0.2, 0.25) is 5.91 Å². The number of hydrogen-bond acceptors (Lipinski definition) is 4. The Morgan fingerprint density at radius 3 is 3.05 bits per heavy atom. The molecule has 1 aliphatic heterocycles. The lowest BCUT2D eigenvalue weighted by molar-refractivity contribution is -0.132. The molecule has 0 saturated carbocycles. The van der Waals surface area contributed by atoms with E-state index in [1.54, 1.807) is 13.1 Å². The van der Waals surface area contributed by atoms with Crippen LogP contribution in [0, 0.1) is 5.82 Å². The van der Waals surface area contributed by atoms with Crippen molar-refractivity contribution in [2.45, 2.75) is 12.6 Å². The average molecular weight is 267 g/mol. The van der Waals surface area contributed by atoms with Crippen LogP contribution in [0.5, 0.6) is 0 Å². The second-order valence-corrected chi connectivity index (χ2v) is 4.57. The predicted molar refractivity (Wildman–Crippen MR) is 69.9 cm³/mol. The van der Waals surface area contributed by atoms with Crippen LogP contribution in [-0.2, 0) is 16.1 Å². The summed E-state index contributed by atoms with van der Waals surface area (Å²) in [5.41, 5.74) is 6.77. The number of nitrogens with zero attached hydrogens (tertiary/aromatic N) is 1. The highest BCUT2D eigenvalue weighted by atomic mass is 19.1. The summed E-state index contributed by atoms with van der Waals surface area (Å²) < 4.78 is 18.6. The Bertz CT molecular complexity index is 447. The van der Waals surface area contributed by atoms with Gasteiger partial charge >= 0.3 is 0 Å². The molecule has 104 valence electrons. The lowest BCUT2D eigenvalue weighted by Gasteiger charge is -2.34. The quantitative estimate of drug-likeness (QED) is 0.776. The molecule has 1 amide bonds. The molecule has 0 aliphatic carbocycles. The summed E-state index contributed by atoms with van der Waals surface area (Å²) in [5, 5.41) is 2.61. The fourth-order valence-corrected chi connectivity index (χ4v) is 2.24. The van der Waals surface area contributed by atoms with Gasteiger partial charge in [0.05, 0.1) is 13.2 Å². The Labute approximate surface area is 111 Å². The smallest absolute Gasteiger partial charge is 0.239 e. The number of carbonyl (C=O) groups excluding carboxylic acids is 1. The molecular formula is C13H18FN3O2. The standard InChI is InChI=1S/C13H18FN3O2/c1-16-13(18)12-8-19-3-2-17(12)7-9-4-10(14)6-11(15)5-9/h4-6,12H,2-3,7-8,15H2,1H3,(H,16,18). The molecule has 1 fully saturated rings. The number of nitrogen functional groups attached to an aromatic ring is 1. The second kappa shape index (κ2) is 5.99. The van der Waals surface area contributed by atoms with Crippen LogP contribution in [0.15, 0.2) is 18.2 Å². The summed E-state index contributed by atoms with van der Waals surface area (Å²) in [6.45, 7) is 2.03. The van der Waals surface area contributed by atoms with Crippen molar-refractivity contribution in [1.82, 2.24) is 10.2 Å². The van der Waals surface area contributed by atoms with Gasteiger partial charge in [-0.25, -0.2) is 4.39 Å². The van der Waals surface area contributed by atoms with Gasteiger partial charge in [-0.2, -0.15) is 0 Å². The van der Waals surface area contributed by atoms with Crippen LogP contribution in [0.25, 0.3) is 0 Å². The zero-order valence-corrected chi connectivity index (χ0v) is 10.9. The third-order valence-corrected chi connectivity index (χ3v) is 3.15. The van der Waals surface area contributed by atoms with Crippen LogP contribution >= 0.6 is 0 Å². The van der Waals surface area contributed by atoms with E-state index in [1.165, 1.54) is 12.1 Å². The van der Waals surface area contributed by atoms with Crippen molar-refractivity contribution in [2.75, 3.05) is 32.5 Å². The number of carbonyl (C=O) groups is 1. The third-order valence-electron chi connectivity index (χ3n) is 3.15. The number of likely N-dealkylation sites (N-methyl/N-ethyl adjacent to an activating group) is 1. The molecule has 1 aliphatic rings. The Morgan fingerprint density at radius 1 is 1.58 bits per heavy atom. The van der Waals surface area contributed by atoms with E-state index in [9.17, 15) is 9.18 Å². The van der Waals surface area contributed by atoms with Crippen molar-refractivity contribution in [2.24, 2.45) is 0 Å². The van der Waals surface area contributed by atoms with Crippen LogP contribution < -0.4 is 11.1 Å². The maximum absolute atomic E-state index is 13.3. The summed E-state index contributed by atoms with van der Waals surface area (Å²) in [4.78, 5) is 13.7. The minimum Gasteiger partial charge on any atom is -0.399 e. The molecule has 1 aromatic carbocycles. The van der Waals surface area contributed by atoms with E-state index in [-0.39, 0.29) is 17.8 Å². The fraction of sp³-hybridized carbons (Fsp3) is 0.462. The minimum atomic E-state index is -0.361. The van der Waals surface area contributed by atoms with Crippen LogP contribution in [0.3, 0.4) is 0 Å². The molecule has 6 heteroatoms. The van der Waals surface area contributed by atoms with Crippen molar-refractivity contribution in [3.63, 3.8) is 0 Å². The predicted octanol–water partition coefficient (Wildman–Crippen LogP) is 0.355. The van der Waals surface area contributed by atoms with Crippen LogP contribution in [-0.4, -0.2) is 43.7 Å². The molecule has 1 heterocycles. The van der Waals surface area contributed by atoms with Gasteiger partial charge in [-0.1, -0.05) is 0 Å². The largest absolute Gasteiger partial charge is 0.399 e. The first-order valence-electron chi connectivity index (χ1n) is 6.18. The fourth-order valence-electron chi connectivity index (χ4n) is 2.24. The van der Waals surface area contributed by atoms with Crippen molar-refractivity contribution < 1.29 is 13.9 Å². The Morgan fingerprint density at radius 2 is 2.37 bits per heavy atom. The highest BCUT2D eigenvalue weighted by Crippen LogP contribution is 2.16. The molecule has 0 aromatic heterocycles. The number of amides is 1. The topological polar surface area (TPSA) is 67.6 Å². The number of hydrogen-bond donors (Lipinski definition) is 2. The molecule has 1 saturated heterocycles. The third kappa shape index (κ3) is 3.42. The summed E-state index contributed by atoms with van der Waals surface area (Å²) in [6, 6.07) is 4.09. The Hall–Kier alpha value is -1.66. The lowest BCUT2D eigenvalue weighted by Crippen LogP contribution is -2.52. The number of anilines is 1. The van der Waals surface area contributed by atoms with Crippen molar-refractivity contribution >= 4 is 11.6 Å². The molecule has 0 bridgehead atoms. The number of nitrogens with one attached hydrogen (secondary N) is 1. The van der Waals surface area contributed by atoms with Crippen molar-refractivity contribution in [1.29, 1.82) is 0 Å². The Kier molecular flexibility index (Phi) is 4.34. The molecule has 1 aromatic rings. The molecule has 19 heavy (non-hydrogen) atoms.